The Hall–Kier alpha value is -5.06. The molecule has 6 rings (SSSR count). The standard InChI is InChI=1S/C34H31F3N6O2/c1-20-10-11-25(22-7-5-8-24(15-22)34(35,36)37)26(14-20)27-17-31(44)43(19-39-27)30-9-4-6-21(2)33(45)41-29-18-40-42(3)32(29)23-12-13-38-28(30)16-23/h5,7-8,10-19,21,30H,4,6,9H2,1-3H3,(H,41,45)/t21-,30+/m1/s1. The van der Waals surface area contributed by atoms with Crippen LogP contribution in [0.25, 0.3) is 33.6 Å². The fourth-order valence-electron chi connectivity index (χ4n) is 5.86. The summed E-state index contributed by atoms with van der Waals surface area (Å²) in [6, 6.07) is 15.2. The highest BCUT2D eigenvalue weighted by Gasteiger charge is 2.31. The van der Waals surface area contributed by atoms with Gasteiger partial charge in [0.25, 0.3) is 5.56 Å². The number of amides is 1. The van der Waals surface area contributed by atoms with Crippen molar-refractivity contribution in [1.29, 1.82) is 0 Å². The summed E-state index contributed by atoms with van der Waals surface area (Å²) in [6.07, 6.45) is 2.07. The second-order valence-electron chi connectivity index (χ2n) is 11.5. The molecule has 11 heteroatoms. The molecule has 8 nitrogen and oxygen atoms in total. The average Bonchev–Trinajstić information content (AvgIpc) is 3.38. The summed E-state index contributed by atoms with van der Waals surface area (Å²) in [5.74, 6) is -0.370. The number of benzene rings is 2. The molecule has 0 saturated carbocycles. The van der Waals surface area contributed by atoms with E-state index in [9.17, 15) is 22.8 Å². The molecule has 2 aromatic carbocycles. The zero-order chi connectivity index (χ0) is 31.9. The number of pyridine rings is 1. The summed E-state index contributed by atoms with van der Waals surface area (Å²) in [4.78, 5) is 36.0. The molecule has 3 aromatic heterocycles. The third-order valence-corrected chi connectivity index (χ3v) is 8.28. The number of halogens is 3. The smallest absolute Gasteiger partial charge is 0.323 e. The van der Waals surface area contributed by atoms with Crippen molar-refractivity contribution in [3.63, 3.8) is 0 Å². The van der Waals surface area contributed by atoms with Crippen molar-refractivity contribution < 1.29 is 18.0 Å². The van der Waals surface area contributed by atoms with Gasteiger partial charge in [-0.3, -0.25) is 23.8 Å². The first kappa shape index (κ1) is 30.0. The maximum absolute atomic E-state index is 13.8. The van der Waals surface area contributed by atoms with Gasteiger partial charge in [-0.1, -0.05) is 43.2 Å². The molecule has 230 valence electrons. The summed E-state index contributed by atoms with van der Waals surface area (Å²) < 4.78 is 43.7. The van der Waals surface area contributed by atoms with Crippen LogP contribution in [0.2, 0.25) is 0 Å². The van der Waals surface area contributed by atoms with Crippen molar-refractivity contribution in [2.45, 2.75) is 45.3 Å². The van der Waals surface area contributed by atoms with Gasteiger partial charge in [-0.05, 0) is 61.2 Å². The van der Waals surface area contributed by atoms with Gasteiger partial charge in [0.1, 0.15) is 0 Å². The van der Waals surface area contributed by atoms with E-state index in [-0.39, 0.29) is 17.4 Å². The zero-order valence-electron chi connectivity index (χ0n) is 25.0. The van der Waals surface area contributed by atoms with Crippen LogP contribution in [-0.4, -0.2) is 30.2 Å². The molecule has 0 fully saturated rings. The Balaban J connectivity index is 1.43. The van der Waals surface area contributed by atoms with Crippen LogP contribution < -0.4 is 10.9 Å². The van der Waals surface area contributed by atoms with E-state index >= 15 is 0 Å². The van der Waals surface area contributed by atoms with E-state index in [1.807, 2.05) is 38.1 Å². The van der Waals surface area contributed by atoms with E-state index in [4.69, 9.17) is 0 Å². The number of hydrogen-bond donors (Lipinski definition) is 1. The predicted octanol–water partition coefficient (Wildman–Crippen LogP) is 7.05. The number of fused-ring (bicyclic) bond motifs is 4. The lowest BCUT2D eigenvalue weighted by molar-refractivity contribution is -0.137. The minimum Gasteiger partial charge on any atom is -0.323 e. The zero-order valence-corrected chi connectivity index (χ0v) is 25.0. The Kier molecular flexibility index (Phi) is 7.86. The summed E-state index contributed by atoms with van der Waals surface area (Å²) in [5.41, 5.74) is 4.39. The van der Waals surface area contributed by atoms with Gasteiger partial charge in [-0.15, -0.1) is 0 Å². The van der Waals surface area contributed by atoms with Crippen LogP contribution in [0.5, 0.6) is 0 Å². The minimum absolute atomic E-state index is 0.103. The third kappa shape index (κ3) is 6.02. The van der Waals surface area contributed by atoms with Gasteiger partial charge in [0.05, 0.1) is 46.9 Å². The van der Waals surface area contributed by atoms with Crippen LogP contribution in [0, 0.1) is 12.8 Å². The average molecular weight is 613 g/mol. The second-order valence-corrected chi connectivity index (χ2v) is 11.5. The molecule has 0 aliphatic carbocycles. The van der Waals surface area contributed by atoms with Gasteiger partial charge in [-0.2, -0.15) is 18.3 Å². The van der Waals surface area contributed by atoms with Crippen LogP contribution in [0.3, 0.4) is 0 Å². The lowest BCUT2D eigenvalue weighted by atomic mass is 9.94. The molecule has 45 heavy (non-hydrogen) atoms. The van der Waals surface area contributed by atoms with Gasteiger partial charge in [0.2, 0.25) is 5.91 Å². The monoisotopic (exact) mass is 612 g/mol. The SMILES string of the molecule is Cc1ccc(-c2cccc(C(F)(F)F)c2)c(-c2cc(=O)n([C@H]3CCC[C@@H](C)C(=O)Nc4cnn(C)c4-c4ccnc3c4)cn2)c1. The maximum Gasteiger partial charge on any atom is 0.416 e. The number of aryl methyl sites for hydroxylation is 2. The molecule has 0 unspecified atom stereocenters. The van der Waals surface area contributed by atoms with Gasteiger partial charge in [0, 0.05) is 36.4 Å². The van der Waals surface area contributed by atoms with Crippen LogP contribution >= 0.6 is 0 Å². The molecule has 1 N–H and O–H groups in total. The lowest BCUT2D eigenvalue weighted by Gasteiger charge is -2.22. The van der Waals surface area contributed by atoms with Gasteiger partial charge in [-0.25, -0.2) is 4.98 Å². The molecule has 1 aliphatic rings. The van der Waals surface area contributed by atoms with Crippen LogP contribution in [0.1, 0.15) is 49.0 Å². The topological polar surface area (TPSA) is 94.7 Å². The van der Waals surface area contributed by atoms with Gasteiger partial charge in [0.15, 0.2) is 0 Å². The highest BCUT2D eigenvalue weighted by Crippen LogP contribution is 2.37. The number of nitrogens with zero attached hydrogens (tertiary/aromatic N) is 5. The Morgan fingerprint density at radius 3 is 2.53 bits per heavy atom. The summed E-state index contributed by atoms with van der Waals surface area (Å²) in [5, 5.41) is 7.34. The first-order chi connectivity index (χ1) is 21.5. The molecular formula is C34H31F3N6O2. The summed E-state index contributed by atoms with van der Waals surface area (Å²) >= 11 is 0. The molecule has 5 aromatic rings. The van der Waals surface area contributed by atoms with Crippen LogP contribution in [0.4, 0.5) is 18.9 Å². The first-order valence-corrected chi connectivity index (χ1v) is 14.7. The van der Waals surface area contributed by atoms with E-state index in [0.29, 0.717) is 53.0 Å². The van der Waals surface area contributed by atoms with Gasteiger partial charge >= 0.3 is 6.18 Å². The first-order valence-electron chi connectivity index (χ1n) is 14.7. The van der Waals surface area contributed by atoms with Crippen molar-refractivity contribution >= 4 is 11.6 Å². The molecule has 4 heterocycles. The summed E-state index contributed by atoms with van der Waals surface area (Å²) in [6.45, 7) is 3.75. The Labute approximate surface area is 257 Å². The highest BCUT2D eigenvalue weighted by molar-refractivity contribution is 5.95. The van der Waals surface area contributed by atoms with E-state index in [1.165, 1.54) is 23.0 Å². The van der Waals surface area contributed by atoms with Crippen molar-refractivity contribution in [3.05, 3.63) is 107 Å². The van der Waals surface area contributed by atoms with Crippen molar-refractivity contribution in [1.82, 2.24) is 24.3 Å². The molecule has 2 bridgehead atoms. The fourth-order valence-corrected chi connectivity index (χ4v) is 5.86. The number of hydrogen-bond acceptors (Lipinski definition) is 5. The minimum atomic E-state index is -4.49. The number of nitrogens with one attached hydrogen (secondary N) is 1. The third-order valence-electron chi connectivity index (χ3n) is 8.28. The van der Waals surface area contributed by atoms with Crippen molar-refractivity contribution in [2.75, 3.05) is 5.32 Å². The maximum atomic E-state index is 13.8. The molecule has 1 aliphatic heterocycles. The number of rotatable bonds is 3. The van der Waals surface area contributed by atoms with E-state index in [0.717, 1.165) is 29.0 Å². The molecule has 2 atom stereocenters. The fraction of sp³-hybridized carbons (Fsp3) is 0.265. The van der Waals surface area contributed by atoms with Crippen molar-refractivity contribution in [3.8, 4) is 33.6 Å². The molecule has 1 amide bonds. The second kappa shape index (κ2) is 11.8. The number of carbonyl (C=O) groups is 1. The molecule has 0 radical (unpaired) electrons. The Morgan fingerprint density at radius 2 is 1.76 bits per heavy atom. The number of aromatic nitrogens is 5. The number of alkyl halides is 3. The van der Waals surface area contributed by atoms with E-state index < -0.39 is 17.8 Å². The number of anilines is 1. The van der Waals surface area contributed by atoms with Gasteiger partial charge < -0.3 is 5.32 Å². The molecule has 0 spiro atoms. The van der Waals surface area contributed by atoms with Crippen LogP contribution in [0.15, 0.2) is 84.2 Å². The Bertz CT molecular complexity index is 1960. The quantitative estimate of drug-likeness (QED) is 0.236. The molecule has 0 saturated heterocycles. The Morgan fingerprint density at radius 1 is 0.933 bits per heavy atom. The number of carbonyl (C=O) groups excluding carboxylic acids is 1. The van der Waals surface area contributed by atoms with Crippen molar-refractivity contribution in [2.24, 2.45) is 13.0 Å². The van der Waals surface area contributed by atoms with E-state index in [2.05, 4.69) is 20.4 Å². The van der Waals surface area contributed by atoms with E-state index in [1.54, 1.807) is 36.3 Å². The largest absolute Gasteiger partial charge is 0.416 e. The normalized spacial score (nSPS) is 17.2. The van der Waals surface area contributed by atoms with Crippen LogP contribution in [-0.2, 0) is 18.0 Å². The molecular weight excluding hydrogens is 581 g/mol. The highest BCUT2D eigenvalue weighted by atomic mass is 19.4. The predicted molar refractivity (Wildman–Crippen MR) is 165 cm³/mol. The lowest BCUT2D eigenvalue weighted by Crippen LogP contribution is -2.27. The summed E-state index contributed by atoms with van der Waals surface area (Å²) in [7, 11) is 1.80.